The number of aryl methyl sites for hydroxylation is 1. The van der Waals surface area contributed by atoms with Crippen LogP contribution in [0.5, 0.6) is 5.75 Å². The topological polar surface area (TPSA) is 46.6 Å². The van der Waals surface area contributed by atoms with Crippen LogP contribution in [-0.4, -0.2) is 32.2 Å². The van der Waals surface area contributed by atoms with E-state index in [2.05, 4.69) is 24.0 Å². The highest BCUT2D eigenvalue weighted by atomic mass is 32.2. The minimum Gasteiger partial charge on any atom is -0.382 e. The van der Waals surface area contributed by atoms with Crippen molar-refractivity contribution in [2.24, 2.45) is 0 Å². The highest BCUT2D eigenvalue weighted by Gasteiger charge is 2.28. The van der Waals surface area contributed by atoms with Gasteiger partial charge in [-0.25, -0.2) is 0 Å². The smallest absolute Gasteiger partial charge is 0.310 e. The molecule has 3 rings (SSSR count). The first-order chi connectivity index (χ1) is 11.0. The van der Waals surface area contributed by atoms with Gasteiger partial charge in [0.25, 0.3) is 0 Å². The van der Waals surface area contributed by atoms with E-state index in [0.29, 0.717) is 18.3 Å². The molecule has 0 aliphatic carbocycles. The van der Waals surface area contributed by atoms with Crippen molar-refractivity contribution in [2.75, 3.05) is 18.8 Å². The fraction of sp³-hybridized carbons (Fsp3) is 0.412. The summed E-state index contributed by atoms with van der Waals surface area (Å²) in [7, 11) is -3.56. The van der Waals surface area contributed by atoms with Crippen molar-refractivity contribution in [1.29, 1.82) is 0 Å². The first kappa shape index (κ1) is 16.5. The Bertz CT molecular complexity index is 740. The van der Waals surface area contributed by atoms with Gasteiger partial charge in [-0.2, -0.15) is 8.42 Å². The second-order valence-corrected chi connectivity index (χ2v) is 8.81. The normalized spacial score (nSPS) is 19.1. The van der Waals surface area contributed by atoms with Crippen LogP contribution in [0.25, 0.3) is 0 Å². The van der Waals surface area contributed by atoms with Crippen molar-refractivity contribution in [3.8, 4) is 5.75 Å². The third-order valence-electron chi connectivity index (χ3n) is 4.05. The summed E-state index contributed by atoms with van der Waals surface area (Å²) in [5.74, 6) is 0.391. The number of likely N-dealkylation sites (tertiary alicyclic amines) is 1. The molecule has 1 saturated heterocycles. The number of nitrogens with zero attached hydrogens (tertiary/aromatic N) is 1. The lowest BCUT2D eigenvalue weighted by atomic mass is 10.2. The summed E-state index contributed by atoms with van der Waals surface area (Å²) in [4.78, 5) is 4.89. The molecule has 0 amide bonds. The summed E-state index contributed by atoms with van der Waals surface area (Å²) < 4.78 is 29.5. The van der Waals surface area contributed by atoms with Crippen molar-refractivity contribution in [2.45, 2.75) is 25.8 Å². The van der Waals surface area contributed by atoms with E-state index in [1.807, 2.05) is 6.07 Å². The average Bonchev–Trinajstić information content (AvgIpc) is 3.14. The van der Waals surface area contributed by atoms with E-state index in [1.54, 1.807) is 35.6 Å². The standard InChI is InChI=1S/C17H21NO3S2/c1-14-9-10-17(22-14)16-8-5-11-18(16)12-13-23(19,20)21-15-6-3-2-4-7-15/h2-4,6-7,9-10,16H,5,8,11-13H2,1H3. The molecule has 2 heterocycles. The Morgan fingerprint density at radius 2 is 2.00 bits per heavy atom. The van der Waals surface area contributed by atoms with Crippen LogP contribution in [0, 0.1) is 6.92 Å². The van der Waals surface area contributed by atoms with E-state index in [9.17, 15) is 8.42 Å². The maximum absolute atomic E-state index is 12.2. The molecule has 1 unspecified atom stereocenters. The van der Waals surface area contributed by atoms with Gasteiger partial charge in [-0.1, -0.05) is 18.2 Å². The second-order valence-electron chi connectivity index (χ2n) is 5.80. The van der Waals surface area contributed by atoms with E-state index in [1.165, 1.54) is 9.75 Å². The van der Waals surface area contributed by atoms with Crippen LogP contribution in [0.15, 0.2) is 42.5 Å². The zero-order valence-electron chi connectivity index (χ0n) is 13.1. The maximum atomic E-state index is 12.2. The molecule has 0 spiro atoms. The van der Waals surface area contributed by atoms with Gasteiger partial charge < -0.3 is 4.18 Å². The number of hydrogen-bond donors (Lipinski definition) is 0. The van der Waals surface area contributed by atoms with Crippen LogP contribution in [0.4, 0.5) is 0 Å². The molecule has 1 aromatic heterocycles. The first-order valence-corrected chi connectivity index (χ1v) is 10.2. The fourth-order valence-electron chi connectivity index (χ4n) is 2.94. The number of hydrogen-bond acceptors (Lipinski definition) is 5. The zero-order chi connectivity index (χ0) is 16.3. The minimum absolute atomic E-state index is 0.0166. The molecule has 1 atom stereocenters. The molecule has 1 aliphatic rings. The highest BCUT2D eigenvalue weighted by Crippen LogP contribution is 2.35. The van der Waals surface area contributed by atoms with Gasteiger partial charge in [-0.3, -0.25) is 4.90 Å². The van der Waals surface area contributed by atoms with Gasteiger partial charge in [0, 0.05) is 22.3 Å². The Labute approximate surface area is 141 Å². The van der Waals surface area contributed by atoms with Gasteiger partial charge in [-0.05, 0) is 50.6 Å². The van der Waals surface area contributed by atoms with Crippen molar-refractivity contribution >= 4 is 21.5 Å². The SMILES string of the molecule is Cc1ccc(C2CCCN2CCS(=O)(=O)Oc2ccccc2)s1. The van der Waals surface area contributed by atoms with Crippen molar-refractivity contribution < 1.29 is 12.6 Å². The molecule has 2 aromatic rings. The number of benzene rings is 1. The summed E-state index contributed by atoms with van der Waals surface area (Å²) >= 11 is 1.80. The van der Waals surface area contributed by atoms with E-state index in [0.717, 1.165) is 19.4 Å². The highest BCUT2D eigenvalue weighted by molar-refractivity contribution is 7.87. The summed E-state index contributed by atoms with van der Waals surface area (Å²) in [5.41, 5.74) is 0. The summed E-state index contributed by atoms with van der Waals surface area (Å²) in [6, 6.07) is 13.3. The first-order valence-electron chi connectivity index (χ1n) is 7.81. The fourth-order valence-corrected chi connectivity index (χ4v) is 4.93. The Morgan fingerprint density at radius 3 is 2.70 bits per heavy atom. The van der Waals surface area contributed by atoms with Crippen LogP contribution >= 0.6 is 11.3 Å². The molecule has 4 nitrogen and oxygen atoms in total. The number of thiophene rings is 1. The van der Waals surface area contributed by atoms with Crippen molar-refractivity contribution in [3.63, 3.8) is 0 Å². The number of para-hydroxylation sites is 1. The third kappa shape index (κ3) is 4.34. The molecule has 1 aliphatic heterocycles. The third-order valence-corrected chi connectivity index (χ3v) is 6.28. The summed E-state index contributed by atoms with van der Waals surface area (Å²) in [6.07, 6.45) is 2.21. The van der Waals surface area contributed by atoms with Crippen LogP contribution in [0.3, 0.4) is 0 Å². The van der Waals surface area contributed by atoms with E-state index in [4.69, 9.17) is 4.18 Å². The molecule has 1 aromatic carbocycles. The maximum Gasteiger partial charge on any atom is 0.310 e. The lowest BCUT2D eigenvalue weighted by Crippen LogP contribution is -2.30. The van der Waals surface area contributed by atoms with Gasteiger partial charge >= 0.3 is 10.1 Å². The van der Waals surface area contributed by atoms with E-state index >= 15 is 0 Å². The molecule has 1 fully saturated rings. The Balaban J connectivity index is 1.60. The number of rotatable bonds is 6. The molecular weight excluding hydrogens is 330 g/mol. The van der Waals surface area contributed by atoms with Gasteiger partial charge in [0.2, 0.25) is 0 Å². The summed E-state index contributed by atoms with van der Waals surface area (Å²) in [6.45, 7) is 3.56. The second kappa shape index (κ2) is 7.03. The van der Waals surface area contributed by atoms with Crippen molar-refractivity contribution in [1.82, 2.24) is 4.90 Å². The molecule has 0 radical (unpaired) electrons. The quantitative estimate of drug-likeness (QED) is 0.746. The average molecular weight is 351 g/mol. The van der Waals surface area contributed by atoms with Gasteiger partial charge in [-0.15, -0.1) is 11.3 Å². The van der Waals surface area contributed by atoms with E-state index in [-0.39, 0.29) is 5.75 Å². The lowest BCUT2D eigenvalue weighted by molar-refractivity contribution is 0.274. The van der Waals surface area contributed by atoms with Crippen LogP contribution in [0.2, 0.25) is 0 Å². The van der Waals surface area contributed by atoms with Crippen LogP contribution in [-0.2, 0) is 10.1 Å². The van der Waals surface area contributed by atoms with Crippen molar-refractivity contribution in [3.05, 3.63) is 52.2 Å². The predicted octanol–water partition coefficient (Wildman–Crippen LogP) is 3.60. The predicted molar refractivity (Wildman–Crippen MR) is 93.5 cm³/mol. The molecular formula is C17H21NO3S2. The van der Waals surface area contributed by atoms with Crippen LogP contribution < -0.4 is 4.18 Å². The molecule has 0 saturated carbocycles. The molecule has 0 bridgehead atoms. The molecule has 6 heteroatoms. The molecule has 23 heavy (non-hydrogen) atoms. The zero-order valence-corrected chi connectivity index (χ0v) is 14.8. The summed E-state index contributed by atoms with van der Waals surface area (Å²) in [5, 5.41) is 0. The van der Waals surface area contributed by atoms with Gasteiger partial charge in [0.05, 0.1) is 5.75 Å². The Morgan fingerprint density at radius 1 is 1.22 bits per heavy atom. The molecule has 124 valence electrons. The van der Waals surface area contributed by atoms with Gasteiger partial charge in [0.15, 0.2) is 0 Å². The lowest BCUT2D eigenvalue weighted by Gasteiger charge is -2.23. The molecule has 0 N–H and O–H groups in total. The van der Waals surface area contributed by atoms with E-state index < -0.39 is 10.1 Å². The van der Waals surface area contributed by atoms with Gasteiger partial charge in [0.1, 0.15) is 5.75 Å². The monoisotopic (exact) mass is 351 g/mol. The Kier molecular flexibility index (Phi) is 5.04. The van der Waals surface area contributed by atoms with Crippen LogP contribution in [0.1, 0.15) is 28.6 Å². The minimum atomic E-state index is -3.56. The Hall–Kier alpha value is -1.37. The largest absolute Gasteiger partial charge is 0.382 e.